The van der Waals surface area contributed by atoms with E-state index in [0.29, 0.717) is 16.5 Å². The summed E-state index contributed by atoms with van der Waals surface area (Å²) in [5.41, 5.74) is 3.83. The molecule has 9 nitrogen and oxygen atoms in total. The topological polar surface area (TPSA) is 101 Å². The molecule has 0 radical (unpaired) electrons. The number of thiazole rings is 1. The molecule has 1 fully saturated rings. The van der Waals surface area contributed by atoms with Crippen LogP contribution < -0.4 is 19.7 Å². The van der Waals surface area contributed by atoms with Crippen LogP contribution in [0.1, 0.15) is 23.5 Å². The van der Waals surface area contributed by atoms with Crippen molar-refractivity contribution in [1.82, 2.24) is 19.9 Å². The SMILES string of the molecule is COc1cc(N2C(=S)N[C@H](c3ccccn3)[C@H]2c2cccn2-c2nc3ccccc3s2)ccc1NS(C)(=O)=O. The predicted molar refractivity (Wildman–Crippen MR) is 158 cm³/mol. The number of thiocarbonyl (C=S) groups is 1. The molecule has 0 aliphatic carbocycles. The lowest BCUT2D eigenvalue weighted by Crippen LogP contribution is -2.30. The normalized spacial score (nSPS) is 17.4. The molecular formula is C27H24N6O3S3. The lowest BCUT2D eigenvalue weighted by atomic mass is 10.0. The zero-order valence-corrected chi connectivity index (χ0v) is 23.4. The Hall–Kier alpha value is -4.00. The van der Waals surface area contributed by atoms with Gasteiger partial charge in [-0.3, -0.25) is 14.3 Å². The Morgan fingerprint density at radius 1 is 1.08 bits per heavy atom. The van der Waals surface area contributed by atoms with Gasteiger partial charge in [0.05, 0.1) is 46.7 Å². The molecule has 1 aliphatic rings. The highest BCUT2D eigenvalue weighted by molar-refractivity contribution is 7.92. The molecule has 3 aromatic heterocycles. The average molecular weight is 577 g/mol. The molecular weight excluding hydrogens is 553 g/mol. The Kier molecular flexibility index (Phi) is 6.45. The highest BCUT2D eigenvalue weighted by Crippen LogP contribution is 2.44. The Morgan fingerprint density at radius 3 is 2.64 bits per heavy atom. The van der Waals surface area contributed by atoms with Gasteiger partial charge in [-0.25, -0.2) is 13.4 Å². The van der Waals surface area contributed by atoms with E-state index in [1.165, 1.54) is 7.11 Å². The largest absolute Gasteiger partial charge is 0.494 e. The molecule has 0 bridgehead atoms. The molecule has 12 heteroatoms. The lowest BCUT2D eigenvalue weighted by molar-refractivity contribution is 0.417. The summed E-state index contributed by atoms with van der Waals surface area (Å²) < 4.78 is 35.0. The van der Waals surface area contributed by atoms with Gasteiger partial charge >= 0.3 is 0 Å². The number of aromatic nitrogens is 3. The molecule has 6 rings (SSSR count). The van der Waals surface area contributed by atoms with E-state index in [1.54, 1.807) is 29.7 Å². The van der Waals surface area contributed by atoms with E-state index in [2.05, 4.69) is 31.7 Å². The van der Waals surface area contributed by atoms with Crippen molar-refractivity contribution in [3.05, 3.63) is 96.6 Å². The number of hydrogen-bond acceptors (Lipinski definition) is 7. The van der Waals surface area contributed by atoms with Gasteiger partial charge in [-0.2, -0.15) is 0 Å². The molecule has 2 atom stereocenters. The minimum Gasteiger partial charge on any atom is -0.494 e. The maximum atomic E-state index is 11.9. The van der Waals surface area contributed by atoms with Gasteiger partial charge in [-0.1, -0.05) is 29.5 Å². The number of methoxy groups -OCH3 is 1. The average Bonchev–Trinajstić information content (AvgIpc) is 3.65. The first kappa shape index (κ1) is 25.3. The second-order valence-corrected chi connectivity index (χ2v) is 12.2. The van der Waals surface area contributed by atoms with Gasteiger partial charge in [0.25, 0.3) is 0 Å². The van der Waals surface area contributed by atoms with Crippen LogP contribution in [0.25, 0.3) is 15.3 Å². The second kappa shape index (κ2) is 9.95. The van der Waals surface area contributed by atoms with E-state index < -0.39 is 10.0 Å². The van der Waals surface area contributed by atoms with Crippen LogP contribution in [-0.4, -0.2) is 41.4 Å². The summed E-state index contributed by atoms with van der Waals surface area (Å²) >= 11 is 7.49. The zero-order valence-electron chi connectivity index (χ0n) is 21.0. The Balaban J connectivity index is 1.49. The van der Waals surface area contributed by atoms with Crippen LogP contribution in [0, 0.1) is 0 Å². The molecule has 39 heavy (non-hydrogen) atoms. The van der Waals surface area contributed by atoms with E-state index in [9.17, 15) is 8.42 Å². The first-order valence-corrected chi connectivity index (χ1v) is 15.1. The summed E-state index contributed by atoms with van der Waals surface area (Å²) in [6, 6.07) is 22.6. The van der Waals surface area contributed by atoms with Crippen molar-refractivity contribution >= 4 is 60.3 Å². The molecule has 1 aliphatic heterocycles. The number of ether oxygens (including phenoxy) is 1. The van der Waals surface area contributed by atoms with Gasteiger partial charge in [-0.05, 0) is 60.7 Å². The van der Waals surface area contributed by atoms with E-state index >= 15 is 0 Å². The van der Waals surface area contributed by atoms with Crippen LogP contribution in [0.4, 0.5) is 11.4 Å². The molecule has 0 saturated carbocycles. The number of pyridine rings is 1. The van der Waals surface area contributed by atoms with Gasteiger partial charge in [0, 0.05) is 24.1 Å². The first-order chi connectivity index (χ1) is 18.8. The number of benzene rings is 2. The standard InChI is InChI=1S/C27H24N6O3S3/c1-36-22-16-17(12-13-18(22)31-39(2,34)35)33-25(24(30-26(33)37)20-9-5-6-14-28-20)21-10-7-15-32(21)27-29-19-8-3-4-11-23(19)38-27/h3-16,24-25,31H,1-2H3,(H,30,37)/t24-,25-/m1/s1. The van der Waals surface area contributed by atoms with Gasteiger partial charge in [0.2, 0.25) is 10.0 Å². The minimum atomic E-state index is -3.49. The fourth-order valence-electron chi connectivity index (χ4n) is 4.82. The molecule has 0 unspecified atom stereocenters. The molecule has 5 aromatic rings. The minimum absolute atomic E-state index is 0.262. The van der Waals surface area contributed by atoms with E-state index in [0.717, 1.165) is 38.7 Å². The highest BCUT2D eigenvalue weighted by atomic mass is 32.2. The lowest BCUT2D eigenvalue weighted by Gasteiger charge is -2.29. The van der Waals surface area contributed by atoms with Crippen LogP contribution in [0.15, 0.2) is 85.2 Å². The molecule has 198 valence electrons. The molecule has 4 heterocycles. The van der Waals surface area contributed by atoms with Crippen LogP contribution in [0.5, 0.6) is 5.75 Å². The summed E-state index contributed by atoms with van der Waals surface area (Å²) in [5, 5.41) is 4.82. The number of nitrogens with one attached hydrogen (secondary N) is 2. The van der Waals surface area contributed by atoms with Crippen molar-refractivity contribution in [2.24, 2.45) is 0 Å². The Bertz CT molecular complexity index is 1750. The maximum Gasteiger partial charge on any atom is 0.229 e. The number of anilines is 2. The maximum absolute atomic E-state index is 11.9. The van der Waals surface area contributed by atoms with Crippen LogP contribution in [-0.2, 0) is 10.0 Å². The molecule has 0 spiro atoms. The quantitative estimate of drug-likeness (QED) is 0.260. The van der Waals surface area contributed by atoms with Gasteiger partial charge in [0.1, 0.15) is 11.8 Å². The molecule has 1 saturated heterocycles. The summed E-state index contributed by atoms with van der Waals surface area (Å²) in [6.07, 6.45) is 4.87. The monoisotopic (exact) mass is 576 g/mol. The third-order valence-corrected chi connectivity index (χ3v) is 8.37. The highest BCUT2D eigenvalue weighted by Gasteiger charge is 2.42. The number of hydrogen-bond donors (Lipinski definition) is 2. The Labute approximate surface area is 235 Å². The van der Waals surface area contributed by atoms with E-state index in [-0.39, 0.29) is 12.1 Å². The molecule has 2 N–H and O–H groups in total. The zero-order chi connectivity index (χ0) is 27.1. The van der Waals surface area contributed by atoms with E-state index in [4.69, 9.17) is 21.9 Å². The fraction of sp³-hybridized carbons (Fsp3) is 0.148. The van der Waals surface area contributed by atoms with Crippen molar-refractivity contribution in [3.8, 4) is 10.9 Å². The number of sulfonamides is 1. The summed E-state index contributed by atoms with van der Waals surface area (Å²) in [7, 11) is -1.99. The number of fused-ring (bicyclic) bond motifs is 1. The second-order valence-electron chi connectivity index (χ2n) is 9.02. The summed E-state index contributed by atoms with van der Waals surface area (Å²) in [4.78, 5) is 11.5. The first-order valence-electron chi connectivity index (χ1n) is 12.0. The summed E-state index contributed by atoms with van der Waals surface area (Å²) in [6.45, 7) is 0. The third-order valence-electron chi connectivity index (χ3n) is 6.43. The molecule has 0 amide bonds. The Morgan fingerprint density at radius 2 is 1.90 bits per heavy atom. The van der Waals surface area contributed by atoms with Crippen molar-refractivity contribution in [2.45, 2.75) is 12.1 Å². The van der Waals surface area contributed by atoms with Crippen LogP contribution >= 0.6 is 23.6 Å². The van der Waals surface area contributed by atoms with Crippen LogP contribution in [0.2, 0.25) is 0 Å². The fourth-order valence-corrected chi connectivity index (χ4v) is 6.70. The van der Waals surface area contributed by atoms with Crippen molar-refractivity contribution in [3.63, 3.8) is 0 Å². The smallest absolute Gasteiger partial charge is 0.229 e. The summed E-state index contributed by atoms with van der Waals surface area (Å²) in [5.74, 6) is 0.377. The van der Waals surface area contributed by atoms with E-state index in [1.807, 2.05) is 59.6 Å². The number of nitrogens with zero attached hydrogens (tertiary/aromatic N) is 4. The van der Waals surface area contributed by atoms with Crippen molar-refractivity contribution in [2.75, 3.05) is 23.0 Å². The number of para-hydroxylation sites is 1. The van der Waals surface area contributed by atoms with Crippen molar-refractivity contribution < 1.29 is 13.2 Å². The van der Waals surface area contributed by atoms with Gasteiger partial charge < -0.3 is 15.0 Å². The molecule has 2 aromatic carbocycles. The third kappa shape index (κ3) is 4.82. The van der Waals surface area contributed by atoms with Gasteiger partial charge in [-0.15, -0.1) is 0 Å². The predicted octanol–water partition coefficient (Wildman–Crippen LogP) is 5.04. The van der Waals surface area contributed by atoms with Gasteiger partial charge in [0.15, 0.2) is 10.2 Å². The van der Waals surface area contributed by atoms with Crippen molar-refractivity contribution in [1.29, 1.82) is 0 Å². The van der Waals surface area contributed by atoms with Crippen LogP contribution in [0.3, 0.4) is 0 Å². The number of rotatable bonds is 7.